The van der Waals surface area contributed by atoms with Gasteiger partial charge in [0.05, 0.1) is 12.8 Å². The van der Waals surface area contributed by atoms with Crippen molar-refractivity contribution in [3.05, 3.63) is 12.3 Å². The Morgan fingerprint density at radius 1 is 1.50 bits per heavy atom. The van der Waals surface area contributed by atoms with Gasteiger partial charge in [0.1, 0.15) is 5.69 Å². The summed E-state index contributed by atoms with van der Waals surface area (Å²) < 4.78 is 5.23. The van der Waals surface area contributed by atoms with E-state index in [2.05, 4.69) is 15.6 Å². The number of aromatic nitrogens is 1. The van der Waals surface area contributed by atoms with Crippen molar-refractivity contribution in [3.8, 4) is 5.88 Å². The molecule has 0 aliphatic carbocycles. The summed E-state index contributed by atoms with van der Waals surface area (Å²) in [7, 11) is 5.36. The van der Waals surface area contributed by atoms with E-state index in [4.69, 9.17) is 4.74 Å². The summed E-state index contributed by atoms with van der Waals surface area (Å²) in [5.74, 6) is 0.232. The average Bonchev–Trinajstić information content (AvgIpc) is 2.44. The minimum atomic E-state index is -0.130. The first-order chi connectivity index (χ1) is 9.51. The Bertz CT molecular complexity index is 449. The summed E-state index contributed by atoms with van der Waals surface area (Å²) >= 11 is 0. The Morgan fingerprint density at radius 3 is 2.75 bits per heavy atom. The fourth-order valence-corrected chi connectivity index (χ4v) is 1.78. The van der Waals surface area contributed by atoms with Gasteiger partial charge in [0.25, 0.3) is 0 Å². The van der Waals surface area contributed by atoms with Crippen LogP contribution in [0, 0.1) is 5.92 Å². The molecule has 1 atom stereocenters. The molecule has 20 heavy (non-hydrogen) atoms. The minimum Gasteiger partial charge on any atom is -0.479 e. The molecule has 1 aromatic rings. The van der Waals surface area contributed by atoms with E-state index in [-0.39, 0.29) is 11.8 Å². The summed E-state index contributed by atoms with van der Waals surface area (Å²) in [4.78, 5) is 18.3. The number of nitrogens with zero attached hydrogens (tertiary/aromatic N) is 2. The maximum Gasteiger partial charge on any atom is 0.239 e. The van der Waals surface area contributed by atoms with E-state index in [1.165, 1.54) is 0 Å². The van der Waals surface area contributed by atoms with Gasteiger partial charge in [0, 0.05) is 32.8 Å². The van der Waals surface area contributed by atoms with E-state index in [1.54, 1.807) is 13.3 Å². The van der Waals surface area contributed by atoms with Gasteiger partial charge in [-0.25, -0.2) is 4.98 Å². The largest absolute Gasteiger partial charge is 0.479 e. The number of anilines is 2. The predicted octanol–water partition coefficient (Wildman–Crippen LogP) is 1.34. The van der Waals surface area contributed by atoms with E-state index in [1.807, 2.05) is 38.9 Å². The highest BCUT2D eigenvalue weighted by molar-refractivity contribution is 5.97. The molecule has 0 aromatic carbocycles. The fraction of sp³-hybridized carbons (Fsp3) is 0.571. The van der Waals surface area contributed by atoms with Crippen molar-refractivity contribution in [1.82, 2.24) is 10.3 Å². The SMILES string of the molecule is CCNCC(C)C(=O)Nc1c(N(C)C)ccnc1OC. The molecule has 0 aliphatic rings. The lowest BCUT2D eigenvalue weighted by Gasteiger charge is -2.20. The van der Waals surface area contributed by atoms with Crippen LogP contribution in [0.25, 0.3) is 0 Å². The van der Waals surface area contributed by atoms with Crippen LogP contribution in [-0.2, 0) is 4.79 Å². The Morgan fingerprint density at radius 2 is 2.20 bits per heavy atom. The topological polar surface area (TPSA) is 66.5 Å². The maximum atomic E-state index is 12.2. The highest BCUT2D eigenvalue weighted by Crippen LogP contribution is 2.32. The first-order valence-electron chi connectivity index (χ1n) is 6.73. The normalized spacial score (nSPS) is 11.8. The zero-order valence-corrected chi connectivity index (χ0v) is 12.9. The second-order valence-corrected chi connectivity index (χ2v) is 4.81. The van der Waals surface area contributed by atoms with Crippen molar-refractivity contribution in [2.45, 2.75) is 13.8 Å². The van der Waals surface area contributed by atoms with Crippen molar-refractivity contribution >= 4 is 17.3 Å². The van der Waals surface area contributed by atoms with Gasteiger partial charge in [-0.1, -0.05) is 13.8 Å². The minimum absolute atomic E-state index is 0.0552. The number of carbonyl (C=O) groups is 1. The third kappa shape index (κ3) is 4.09. The molecule has 1 rings (SSSR count). The number of ether oxygens (including phenoxy) is 1. The van der Waals surface area contributed by atoms with Gasteiger partial charge < -0.3 is 20.3 Å². The van der Waals surface area contributed by atoms with Crippen LogP contribution in [0.5, 0.6) is 5.88 Å². The highest BCUT2D eigenvalue weighted by Gasteiger charge is 2.18. The standard InChI is InChI=1S/C14H24N4O2/c1-6-15-9-10(2)13(19)17-12-11(18(3)4)7-8-16-14(12)20-5/h7-8,10,15H,6,9H2,1-5H3,(H,17,19). The molecule has 6 heteroatoms. The zero-order chi connectivity index (χ0) is 15.1. The molecule has 1 aromatic heterocycles. The van der Waals surface area contributed by atoms with Crippen molar-refractivity contribution in [1.29, 1.82) is 0 Å². The molecule has 0 aliphatic heterocycles. The van der Waals surface area contributed by atoms with Gasteiger partial charge in [-0.3, -0.25) is 4.79 Å². The number of amides is 1. The number of methoxy groups -OCH3 is 1. The fourth-order valence-electron chi connectivity index (χ4n) is 1.78. The average molecular weight is 280 g/mol. The molecule has 0 spiro atoms. The summed E-state index contributed by atoms with van der Waals surface area (Å²) in [6.07, 6.45) is 1.66. The van der Waals surface area contributed by atoms with E-state index in [0.717, 1.165) is 12.2 Å². The lowest BCUT2D eigenvalue weighted by molar-refractivity contribution is -0.119. The number of hydrogen-bond acceptors (Lipinski definition) is 5. The number of rotatable bonds is 7. The zero-order valence-electron chi connectivity index (χ0n) is 12.9. The number of hydrogen-bond donors (Lipinski definition) is 2. The molecule has 1 amide bonds. The second-order valence-electron chi connectivity index (χ2n) is 4.81. The monoisotopic (exact) mass is 280 g/mol. The Hall–Kier alpha value is -1.82. The van der Waals surface area contributed by atoms with Crippen LogP contribution in [0.2, 0.25) is 0 Å². The number of nitrogens with one attached hydrogen (secondary N) is 2. The van der Waals surface area contributed by atoms with Gasteiger partial charge in [0.15, 0.2) is 0 Å². The Kier molecular flexibility index (Phi) is 6.24. The lowest BCUT2D eigenvalue weighted by atomic mass is 10.1. The molecule has 0 radical (unpaired) electrons. The van der Waals surface area contributed by atoms with E-state index < -0.39 is 0 Å². The first kappa shape index (κ1) is 16.2. The van der Waals surface area contributed by atoms with Crippen LogP contribution in [0.3, 0.4) is 0 Å². The molecule has 0 fully saturated rings. The van der Waals surface area contributed by atoms with Crippen LogP contribution in [0.1, 0.15) is 13.8 Å². The van der Waals surface area contributed by atoms with Gasteiger partial charge >= 0.3 is 0 Å². The maximum absolute atomic E-state index is 12.2. The van der Waals surface area contributed by atoms with Crippen molar-refractivity contribution < 1.29 is 9.53 Å². The third-order valence-electron chi connectivity index (χ3n) is 2.97. The first-order valence-corrected chi connectivity index (χ1v) is 6.73. The Labute approximate surface area is 120 Å². The summed E-state index contributed by atoms with van der Waals surface area (Å²) in [5, 5.41) is 6.07. The molecular weight excluding hydrogens is 256 g/mol. The van der Waals surface area contributed by atoms with Gasteiger partial charge in [-0.2, -0.15) is 0 Å². The van der Waals surface area contributed by atoms with E-state index in [9.17, 15) is 4.79 Å². The molecule has 6 nitrogen and oxygen atoms in total. The third-order valence-corrected chi connectivity index (χ3v) is 2.97. The van der Waals surface area contributed by atoms with Crippen LogP contribution in [-0.4, -0.2) is 45.2 Å². The lowest BCUT2D eigenvalue weighted by Crippen LogP contribution is -2.31. The molecule has 1 heterocycles. The van der Waals surface area contributed by atoms with Crippen LogP contribution in [0.4, 0.5) is 11.4 Å². The van der Waals surface area contributed by atoms with Crippen LogP contribution in [0.15, 0.2) is 12.3 Å². The highest BCUT2D eigenvalue weighted by atomic mass is 16.5. The molecule has 0 saturated heterocycles. The van der Waals surface area contributed by atoms with Gasteiger partial charge in [-0.15, -0.1) is 0 Å². The molecule has 1 unspecified atom stereocenters. The molecular formula is C14H24N4O2. The van der Waals surface area contributed by atoms with Gasteiger partial charge in [0.2, 0.25) is 11.8 Å². The number of carbonyl (C=O) groups excluding carboxylic acids is 1. The van der Waals surface area contributed by atoms with E-state index >= 15 is 0 Å². The van der Waals surface area contributed by atoms with Gasteiger partial charge in [-0.05, 0) is 12.6 Å². The summed E-state index contributed by atoms with van der Waals surface area (Å²) in [6.45, 7) is 5.38. The number of pyridine rings is 1. The molecule has 2 N–H and O–H groups in total. The molecule has 112 valence electrons. The summed E-state index contributed by atoms with van der Waals surface area (Å²) in [5.41, 5.74) is 1.47. The Balaban J connectivity index is 2.92. The molecule has 0 saturated carbocycles. The van der Waals surface area contributed by atoms with Crippen molar-refractivity contribution in [2.75, 3.05) is 44.5 Å². The van der Waals surface area contributed by atoms with E-state index in [0.29, 0.717) is 18.1 Å². The predicted molar refractivity (Wildman–Crippen MR) is 81.5 cm³/mol. The van der Waals surface area contributed by atoms with Crippen LogP contribution < -0.4 is 20.3 Å². The quantitative estimate of drug-likeness (QED) is 0.789. The van der Waals surface area contributed by atoms with Crippen LogP contribution >= 0.6 is 0 Å². The molecule has 0 bridgehead atoms. The van der Waals surface area contributed by atoms with Crippen molar-refractivity contribution in [3.63, 3.8) is 0 Å². The smallest absolute Gasteiger partial charge is 0.239 e. The van der Waals surface area contributed by atoms with Crippen molar-refractivity contribution in [2.24, 2.45) is 5.92 Å². The summed E-state index contributed by atoms with van der Waals surface area (Å²) in [6, 6.07) is 1.84. The second kappa shape index (κ2) is 7.69.